The number of esters is 1. The average molecular weight is 505 g/mol. The molecule has 1 aliphatic rings. The number of carbonyl (C=O) groups is 1. The van der Waals surface area contributed by atoms with E-state index in [1.807, 2.05) is 18.2 Å². The van der Waals surface area contributed by atoms with Gasteiger partial charge in [-0.2, -0.15) is 5.26 Å². The highest BCUT2D eigenvalue weighted by atomic mass is 32.2. The van der Waals surface area contributed by atoms with Crippen molar-refractivity contribution in [2.45, 2.75) is 17.9 Å². The molecule has 0 N–H and O–H groups in total. The molecule has 1 aliphatic heterocycles. The minimum absolute atomic E-state index is 0.0365. The van der Waals surface area contributed by atoms with Gasteiger partial charge in [-0.1, -0.05) is 30.3 Å². The van der Waals surface area contributed by atoms with Gasteiger partial charge < -0.3 is 14.2 Å². The standard InChI is InChI=1S/C27H24N2O6S/c1-33-24-15-21(11-12-26(30)35-18-20-9-7-19(17-28)8-10-20)16-25(27(24)34-2)36(31,32)29-14-13-22-5-3-4-6-23(22)29/h3-12,15-16H,13-14,18H2,1-2H3/b12-11+. The summed E-state index contributed by atoms with van der Waals surface area (Å²) in [6.07, 6.45) is 3.28. The van der Waals surface area contributed by atoms with Crippen molar-refractivity contribution in [2.75, 3.05) is 25.1 Å². The molecule has 0 saturated heterocycles. The van der Waals surface area contributed by atoms with E-state index in [0.29, 0.717) is 29.8 Å². The van der Waals surface area contributed by atoms with Gasteiger partial charge in [-0.15, -0.1) is 0 Å². The molecule has 36 heavy (non-hydrogen) atoms. The number of methoxy groups -OCH3 is 2. The van der Waals surface area contributed by atoms with Crippen molar-refractivity contribution in [3.63, 3.8) is 0 Å². The normalized spacial score (nSPS) is 12.8. The SMILES string of the molecule is COc1cc(/C=C/C(=O)OCc2ccc(C#N)cc2)cc(S(=O)(=O)N2CCc3ccccc32)c1OC. The minimum Gasteiger partial charge on any atom is -0.493 e. The fourth-order valence-corrected chi connectivity index (χ4v) is 5.67. The Labute approximate surface area is 210 Å². The van der Waals surface area contributed by atoms with Crippen molar-refractivity contribution in [2.24, 2.45) is 0 Å². The Morgan fingerprint density at radius 1 is 1.08 bits per heavy atom. The van der Waals surface area contributed by atoms with E-state index in [1.54, 1.807) is 42.5 Å². The number of carbonyl (C=O) groups excluding carboxylic acids is 1. The zero-order valence-electron chi connectivity index (χ0n) is 19.8. The molecule has 0 amide bonds. The Bertz CT molecular complexity index is 1460. The van der Waals surface area contributed by atoms with Gasteiger partial charge in [0.2, 0.25) is 0 Å². The number of rotatable bonds is 8. The molecule has 0 aliphatic carbocycles. The van der Waals surface area contributed by atoms with Crippen molar-refractivity contribution < 1.29 is 27.4 Å². The van der Waals surface area contributed by atoms with E-state index in [9.17, 15) is 13.2 Å². The lowest BCUT2D eigenvalue weighted by atomic mass is 10.1. The smallest absolute Gasteiger partial charge is 0.331 e. The van der Waals surface area contributed by atoms with Gasteiger partial charge in [-0.25, -0.2) is 13.2 Å². The Kier molecular flexibility index (Phi) is 7.27. The number of para-hydroxylation sites is 1. The largest absolute Gasteiger partial charge is 0.493 e. The summed E-state index contributed by atoms with van der Waals surface area (Å²) < 4.78 is 44.8. The molecule has 0 spiro atoms. The maximum Gasteiger partial charge on any atom is 0.331 e. The number of hydrogen-bond acceptors (Lipinski definition) is 7. The third-order valence-electron chi connectivity index (χ3n) is 5.76. The van der Waals surface area contributed by atoms with Crippen molar-refractivity contribution in [3.05, 3.63) is 89.0 Å². The second-order valence-corrected chi connectivity index (χ2v) is 9.79. The summed E-state index contributed by atoms with van der Waals surface area (Å²) in [6, 6.07) is 19.1. The van der Waals surface area contributed by atoms with Gasteiger partial charge in [0.15, 0.2) is 11.5 Å². The van der Waals surface area contributed by atoms with Crippen LogP contribution in [0.3, 0.4) is 0 Å². The molecule has 0 bridgehead atoms. The number of nitrogens with zero attached hydrogens (tertiary/aromatic N) is 2. The summed E-state index contributed by atoms with van der Waals surface area (Å²) in [7, 11) is -1.19. The van der Waals surface area contributed by atoms with Crippen LogP contribution >= 0.6 is 0 Å². The lowest BCUT2D eigenvalue weighted by Gasteiger charge is -2.22. The molecule has 4 rings (SSSR count). The van der Waals surface area contributed by atoms with Crippen LogP contribution in [0, 0.1) is 11.3 Å². The van der Waals surface area contributed by atoms with Crippen molar-refractivity contribution in [1.29, 1.82) is 5.26 Å². The molecule has 0 unspecified atom stereocenters. The fraction of sp³-hybridized carbons (Fsp3) is 0.185. The maximum absolute atomic E-state index is 13.7. The zero-order chi connectivity index (χ0) is 25.7. The molecule has 9 heteroatoms. The summed E-state index contributed by atoms with van der Waals surface area (Å²) in [6.45, 7) is 0.351. The second-order valence-electron chi connectivity index (χ2n) is 7.96. The molecule has 3 aromatic rings. The van der Waals surface area contributed by atoms with E-state index in [-0.39, 0.29) is 23.0 Å². The minimum atomic E-state index is -3.99. The quantitative estimate of drug-likeness (QED) is 0.336. The Balaban J connectivity index is 1.59. The van der Waals surface area contributed by atoms with Crippen molar-refractivity contribution >= 4 is 27.8 Å². The van der Waals surface area contributed by atoms with E-state index in [0.717, 1.165) is 11.1 Å². The van der Waals surface area contributed by atoms with Crippen LogP contribution in [0.2, 0.25) is 0 Å². The molecule has 0 atom stereocenters. The molecule has 184 valence electrons. The second kappa shape index (κ2) is 10.5. The van der Waals surface area contributed by atoms with Crippen molar-refractivity contribution in [3.8, 4) is 17.6 Å². The first-order valence-electron chi connectivity index (χ1n) is 11.1. The van der Waals surface area contributed by atoms with Crippen LogP contribution in [0.15, 0.2) is 71.6 Å². The van der Waals surface area contributed by atoms with Gasteiger partial charge in [-0.3, -0.25) is 4.31 Å². The van der Waals surface area contributed by atoms with Gasteiger partial charge in [0, 0.05) is 12.6 Å². The first-order chi connectivity index (χ1) is 17.4. The molecule has 1 heterocycles. The lowest BCUT2D eigenvalue weighted by Crippen LogP contribution is -2.29. The molecule has 0 saturated carbocycles. The average Bonchev–Trinajstić information content (AvgIpc) is 3.35. The third-order valence-corrected chi connectivity index (χ3v) is 7.57. The topological polar surface area (TPSA) is 106 Å². The number of fused-ring (bicyclic) bond motifs is 1. The van der Waals surface area contributed by atoms with Crippen LogP contribution in [0.1, 0.15) is 22.3 Å². The van der Waals surface area contributed by atoms with Gasteiger partial charge >= 0.3 is 5.97 Å². The monoisotopic (exact) mass is 504 g/mol. The molecular weight excluding hydrogens is 480 g/mol. The zero-order valence-corrected chi connectivity index (χ0v) is 20.6. The fourth-order valence-electron chi connectivity index (χ4n) is 3.96. The van der Waals surface area contributed by atoms with E-state index in [1.165, 1.54) is 36.7 Å². The van der Waals surface area contributed by atoms with Crippen LogP contribution in [-0.4, -0.2) is 35.2 Å². The number of hydrogen-bond donors (Lipinski definition) is 0. The Hall–Kier alpha value is -4.29. The predicted octanol–water partition coefficient (Wildman–Crippen LogP) is 4.08. The van der Waals surface area contributed by atoms with Crippen LogP contribution in [0.4, 0.5) is 5.69 Å². The Morgan fingerprint density at radius 2 is 1.83 bits per heavy atom. The first-order valence-corrected chi connectivity index (χ1v) is 12.5. The predicted molar refractivity (Wildman–Crippen MR) is 134 cm³/mol. The molecule has 8 nitrogen and oxygen atoms in total. The summed E-state index contributed by atoms with van der Waals surface area (Å²) in [5, 5.41) is 8.87. The molecule has 0 radical (unpaired) electrons. The van der Waals surface area contributed by atoms with Crippen molar-refractivity contribution in [1.82, 2.24) is 0 Å². The summed E-state index contributed by atoms with van der Waals surface area (Å²) >= 11 is 0. The summed E-state index contributed by atoms with van der Waals surface area (Å²) in [5.41, 5.74) is 3.26. The molecular formula is C27H24N2O6S. The van der Waals surface area contributed by atoms with Gasteiger partial charge in [0.1, 0.15) is 11.5 Å². The molecule has 3 aromatic carbocycles. The summed E-state index contributed by atoms with van der Waals surface area (Å²) in [4.78, 5) is 12.2. The number of benzene rings is 3. The highest BCUT2D eigenvalue weighted by Gasteiger charge is 2.34. The van der Waals surface area contributed by atoms with Crippen LogP contribution in [0.5, 0.6) is 11.5 Å². The molecule has 0 fully saturated rings. The van der Waals surface area contributed by atoms with Gasteiger partial charge in [-0.05, 0) is 59.5 Å². The number of nitriles is 1. The van der Waals surface area contributed by atoms with E-state index in [4.69, 9.17) is 19.5 Å². The third kappa shape index (κ3) is 5.04. The lowest BCUT2D eigenvalue weighted by molar-refractivity contribution is -0.138. The van der Waals surface area contributed by atoms with E-state index >= 15 is 0 Å². The first kappa shape index (κ1) is 24.8. The highest BCUT2D eigenvalue weighted by Crippen LogP contribution is 2.40. The van der Waals surface area contributed by atoms with Crippen LogP contribution in [-0.2, 0) is 32.6 Å². The van der Waals surface area contributed by atoms with Gasteiger partial charge in [0.25, 0.3) is 10.0 Å². The maximum atomic E-state index is 13.7. The number of anilines is 1. The van der Waals surface area contributed by atoms with Gasteiger partial charge in [0.05, 0.1) is 31.5 Å². The van der Waals surface area contributed by atoms with Crippen LogP contribution in [0.25, 0.3) is 6.08 Å². The number of ether oxygens (including phenoxy) is 3. The Morgan fingerprint density at radius 3 is 2.53 bits per heavy atom. The summed E-state index contributed by atoms with van der Waals surface area (Å²) in [5.74, 6) is -0.300. The van der Waals surface area contributed by atoms with E-state index in [2.05, 4.69) is 0 Å². The highest BCUT2D eigenvalue weighted by molar-refractivity contribution is 7.93. The van der Waals surface area contributed by atoms with E-state index < -0.39 is 16.0 Å². The molecule has 0 aromatic heterocycles. The number of sulfonamides is 1. The van der Waals surface area contributed by atoms with Crippen LogP contribution < -0.4 is 13.8 Å².